The van der Waals surface area contributed by atoms with Gasteiger partial charge in [-0.2, -0.15) is 0 Å². The molecule has 30 heavy (non-hydrogen) atoms. The van der Waals surface area contributed by atoms with Gasteiger partial charge in [0.25, 0.3) is 0 Å². The molecule has 0 saturated heterocycles. The average molecular weight is 395 g/mol. The molecule has 0 saturated carbocycles. The number of amides is 1. The largest absolute Gasteiger partial charge is 0.457 e. The number of aliphatic hydroxyl groups excluding tert-OH is 1. The summed E-state index contributed by atoms with van der Waals surface area (Å²) in [6.07, 6.45) is -0.801. The van der Waals surface area contributed by atoms with Gasteiger partial charge in [0.15, 0.2) is 0 Å². The maximum Gasteiger partial charge on any atom is 0.232 e. The van der Waals surface area contributed by atoms with Crippen LogP contribution in [0.2, 0.25) is 0 Å². The van der Waals surface area contributed by atoms with Crippen LogP contribution in [0.1, 0.15) is 28.7 Å². The second kappa shape index (κ2) is 7.65. The smallest absolute Gasteiger partial charge is 0.232 e. The first-order chi connectivity index (χ1) is 14.7. The molecule has 5 rings (SSSR count). The van der Waals surface area contributed by atoms with Crippen molar-refractivity contribution in [3.8, 4) is 11.5 Å². The highest BCUT2D eigenvalue weighted by atomic mass is 16.5. The molecule has 148 valence electrons. The van der Waals surface area contributed by atoms with Crippen LogP contribution >= 0.6 is 0 Å². The lowest BCUT2D eigenvalue weighted by Gasteiger charge is -2.27. The number of para-hydroxylation sites is 2. The van der Waals surface area contributed by atoms with E-state index in [1.807, 2.05) is 91.0 Å². The summed E-state index contributed by atoms with van der Waals surface area (Å²) < 4.78 is 5.97. The molecule has 4 heteroatoms. The van der Waals surface area contributed by atoms with Gasteiger partial charge in [0, 0.05) is 17.7 Å². The zero-order valence-electron chi connectivity index (χ0n) is 16.3. The molecular formula is C26H21NO3. The summed E-state index contributed by atoms with van der Waals surface area (Å²) in [5, 5.41) is 15.8. The predicted molar refractivity (Wildman–Crippen MR) is 117 cm³/mol. The molecule has 1 amide bonds. The zero-order chi connectivity index (χ0) is 20.5. The third kappa shape index (κ3) is 3.21. The number of ether oxygens (including phenoxy) is 1. The maximum absolute atomic E-state index is 13.2. The summed E-state index contributed by atoms with van der Waals surface area (Å²) in [6, 6.07) is 28.9. The van der Waals surface area contributed by atoms with Gasteiger partial charge in [-0.25, -0.2) is 0 Å². The van der Waals surface area contributed by atoms with Crippen molar-refractivity contribution in [2.45, 2.75) is 12.0 Å². The zero-order valence-corrected chi connectivity index (χ0v) is 16.3. The molecule has 1 heterocycles. The summed E-state index contributed by atoms with van der Waals surface area (Å²) >= 11 is 0. The van der Waals surface area contributed by atoms with Crippen molar-refractivity contribution in [2.75, 3.05) is 6.54 Å². The summed E-state index contributed by atoms with van der Waals surface area (Å²) in [5.41, 5.74) is 2.46. The molecule has 0 aromatic heterocycles. The Morgan fingerprint density at radius 1 is 0.833 bits per heavy atom. The van der Waals surface area contributed by atoms with E-state index in [4.69, 9.17) is 4.74 Å². The minimum atomic E-state index is -0.801. The van der Waals surface area contributed by atoms with Crippen LogP contribution in [0.4, 0.5) is 0 Å². The molecular weight excluding hydrogens is 374 g/mol. The van der Waals surface area contributed by atoms with Crippen LogP contribution in [0, 0.1) is 0 Å². The van der Waals surface area contributed by atoms with Crippen LogP contribution < -0.4 is 10.1 Å². The van der Waals surface area contributed by atoms with Gasteiger partial charge in [-0.05, 0) is 28.5 Å². The minimum Gasteiger partial charge on any atom is -0.457 e. The molecule has 0 spiro atoms. The maximum atomic E-state index is 13.2. The molecule has 1 atom stereocenters. The number of carbonyl (C=O) groups is 1. The lowest BCUT2D eigenvalue weighted by molar-refractivity contribution is -0.122. The van der Waals surface area contributed by atoms with Gasteiger partial charge < -0.3 is 15.2 Å². The third-order valence-electron chi connectivity index (χ3n) is 5.59. The number of hydrogen-bond acceptors (Lipinski definition) is 3. The molecule has 0 fully saturated rings. The summed E-state index contributed by atoms with van der Waals surface area (Å²) in [7, 11) is 0. The first-order valence-electron chi connectivity index (χ1n) is 10.0. The van der Waals surface area contributed by atoms with E-state index in [-0.39, 0.29) is 12.5 Å². The van der Waals surface area contributed by atoms with E-state index in [9.17, 15) is 9.90 Å². The quantitative estimate of drug-likeness (QED) is 0.515. The molecule has 0 radical (unpaired) electrons. The molecule has 1 unspecified atom stereocenters. The van der Waals surface area contributed by atoms with Gasteiger partial charge in [0.05, 0.1) is 12.0 Å². The van der Waals surface area contributed by atoms with Crippen molar-refractivity contribution in [3.63, 3.8) is 0 Å². The second-order valence-corrected chi connectivity index (χ2v) is 7.44. The number of nitrogens with one attached hydrogen (secondary N) is 1. The van der Waals surface area contributed by atoms with E-state index in [0.717, 1.165) is 27.5 Å². The highest BCUT2D eigenvalue weighted by molar-refractivity contribution is 5.90. The van der Waals surface area contributed by atoms with E-state index in [0.29, 0.717) is 11.5 Å². The van der Waals surface area contributed by atoms with E-state index in [1.54, 1.807) is 0 Å². The van der Waals surface area contributed by atoms with Crippen molar-refractivity contribution in [1.29, 1.82) is 0 Å². The normalized spacial score (nSPS) is 13.8. The van der Waals surface area contributed by atoms with Crippen LogP contribution in [-0.2, 0) is 4.79 Å². The van der Waals surface area contributed by atoms with Crippen LogP contribution in [0.25, 0.3) is 10.8 Å². The second-order valence-electron chi connectivity index (χ2n) is 7.44. The van der Waals surface area contributed by atoms with Gasteiger partial charge >= 0.3 is 0 Å². The molecule has 4 nitrogen and oxygen atoms in total. The number of rotatable bonds is 4. The number of fused-ring (bicyclic) bond motifs is 3. The number of aliphatic hydroxyl groups is 1. The van der Waals surface area contributed by atoms with Crippen LogP contribution in [0.15, 0.2) is 91.0 Å². The molecule has 4 aromatic rings. The lowest BCUT2D eigenvalue weighted by Crippen LogP contribution is -2.34. The van der Waals surface area contributed by atoms with Crippen molar-refractivity contribution >= 4 is 16.7 Å². The van der Waals surface area contributed by atoms with Crippen molar-refractivity contribution in [3.05, 3.63) is 108 Å². The summed E-state index contributed by atoms with van der Waals surface area (Å²) in [5.74, 6) is 0.736. The summed E-state index contributed by atoms with van der Waals surface area (Å²) in [4.78, 5) is 13.2. The van der Waals surface area contributed by atoms with E-state index in [1.165, 1.54) is 0 Å². The number of benzene rings is 4. The van der Waals surface area contributed by atoms with Crippen molar-refractivity contribution < 1.29 is 14.6 Å². The third-order valence-corrected chi connectivity index (χ3v) is 5.59. The van der Waals surface area contributed by atoms with E-state index < -0.39 is 12.0 Å². The fourth-order valence-corrected chi connectivity index (χ4v) is 4.14. The minimum absolute atomic E-state index is 0.133. The first kappa shape index (κ1) is 18.4. The Balaban J connectivity index is 1.41. The molecule has 1 aliphatic heterocycles. The standard InChI is InChI=1S/C26H21NO3/c28-22(19-13-7-9-17-8-1-2-10-18(17)19)16-27-26(29)25-20-11-3-5-14-23(20)30-24-15-6-4-12-21(24)25/h1-15,22,25,28H,16H2,(H,27,29). The number of hydrogen-bond donors (Lipinski definition) is 2. The van der Waals surface area contributed by atoms with E-state index in [2.05, 4.69) is 5.32 Å². The Kier molecular flexibility index (Phi) is 4.69. The Morgan fingerprint density at radius 2 is 1.43 bits per heavy atom. The molecule has 1 aliphatic rings. The van der Waals surface area contributed by atoms with Gasteiger partial charge in [0.1, 0.15) is 11.5 Å². The Bertz CT molecular complexity index is 1180. The fourth-order valence-electron chi connectivity index (χ4n) is 4.14. The molecule has 2 N–H and O–H groups in total. The van der Waals surface area contributed by atoms with E-state index >= 15 is 0 Å². The Labute approximate surface area is 174 Å². The SMILES string of the molecule is O=C(NCC(O)c1cccc2ccccc12)C1c2ccccc2Oc2ccccc21. The molecule has 4 aromatic carbocycles. The van der Waals surface area contributed by atoms with Gasteiger partial charge in [-0.1, -0.05) is 78.9 Å². The molecule has 0 bridgehead atoms. The Hall–Kier alpha value is -3.63. The van der Waals surface area contributed by atoms with Crippen LogP contribution in [0.5, 0.6) is 11.5 Å². The fraction of sp³-hybridized carbons (Fsp3) is 0.115. The monoisotopic (exact) mass is 395 g/mol. The van der Waals surface area contributed by atoms with Crippen LogP contribution in [0.3, 0.4) is 0 Å². The lowest BCUT2D eigenvalue weighted by atomic mass is 9.87. The van der Waals surface area contributed by atoms with Crippen molar-refractivity contribution in [1.82, 2.24) is 5.32 Å². The van der Waals surface area contributed by atoms with Gasteiger partial charge in [-0.3, -0.25) is 4.79 Å². The van der Waals surface area contributed by atoms with Gasteiger partial charge in [0.2, 0.25) is 5.91 Å². The molecule has 0 aliphatic carbocycles. The topological polar surface area (TPSA) is 58.6 Å². The Morgan fingerprint density at radius 3 is 2.17 bits per heavy atom. The highest BCUT2D eigenvalue weighted by Crippen LogP contribution is 2.43. The van der Waals surface area contributed by atoms with Crippen LogP contribution in [-0.4, -0.2) is 17.6 Å². The highest BCUT2D eigenvalue weighted by Gasteiger charge is 2.32. The predicted octanol–water partition coefficient (Wildman–Crippen LogP) is 4.93. The summed E-state index contributed by atoms with van der Waals surface area (Å²) in [6.45, 7) is 0.133. The number of carbonyl (C=O) groups excluding carboxylic acids is 1. The van der Waals surface area contributed by atoms with Crippen molar-refractivity contribution in [2.24, 2.45) is 0 Å². The first-order valence-corrected chi connectivity index (χ1v) is 10.0. The average Bonchev–Trinajstić information content (AvgIpc) is 2.80. The van der Waals surface area contributed by atoms with Gasteiger partial charge in [-0.15, -0.1) is 0 Å².